The fourth-order valence-corrected chi connectivity index (χ4v) is 2.14. The number of amides is 1. The van der Waals surface area contributed by atoms with Crippen molar-refractivity contribution in [3.05, 3.63) is 23.8 Å². The average molecular weight is 291 g/mol. The highest BCUT2D eigenvalue weighted by atomic mass is 16.2. The third-order valence-corrected chi connectivity index (χ3v) is 3.35. The van der Waals surface area contributed by atoms with E-state index in [9.17, 15) is 4.79 Å². The number of aryl methyl sites for hydroxylation is 3. The molecule has 0 spiro atoms. The minimum absolute atomic E-state index is 0.129. The van der Waals surface area contributed by atoms with Gasteiger partial charge in [-0.3, -0.25) is 9.48 Å². The van der Waals surface area contributed by atoms with Crippen molar-refractivity contribution in [2.45, 2.75) is 39.8 Å². The van der Waals surface area contributed by atoms with Crippen LogP contribution in [0.2, 0.25) is 0 Å². The number of hydrogen-bond acceptors (Lipinski definition) is 5. The predicted octanol–water partition coefficient (Wildman–Crippen LogP) is 0.425. The van der Waals surface area contributed by atoms with E-state index in [1.165, 1.54) is 0 Å². The number of tetrazole rings is 1. The van der Waals surface area contributed by atoms with E-state index in [1.54, 1.807) is 15.9 Å². The molecule has 0 aromatic carbocycles. The lowest BCUT2D eigenvalue weighted by Crippen LogP contribution is -2.30. The summed E-state index contributed by atoms with van der Waals surface area (Å²) >= 11 is 0. The lowest BCUT2D eigenvalue weighted by molar-refractivity contribution is -0.130. The van der Waals surface area contributed by atoms with E-state index in [0.29, 0.717) is 19.5 Å². The molecule has 21 heavy (non-hydrogen) atoms. The number of hydrogen-bond donors (Lipinski definition) is 0. The topological polar surface area (TPSA) is 81.7 Å². The Kier molecular flexibility index (Phi) is 5.02. The van der Waals surface area contributed by atoms with Gasteiger partial charge in [0.25, 0.3) is 0 Å². The predicted molar refractivity (Wildman–Crippen MR) is 76.4 cm³/mol. The van der Waals surface area contributed by atoms with E-state index < -0.39 is 0 Å². The molecule has 0 fully saturated rings. The van der Waals surface area contributed by atoms with Crippen LogP contribution >= 0.6 is 0 Å². The molecule has 8 heteroatoms. The van der Waals surface area contributed by atoms with Crippen molar-refractivity contribution in [2.75, 3.05) is 13.6 Å². The van der Waals surface area contributed by atoms with Crippen molar-refractivity contribution in [2.24, 2.45) is 0 Å². The molecule has 0 aliphatic rings. The molecule has 2 heterocycles. The Morgan fingerprint density at radius 3 is 2.76 bits per heavy atom. The normalized spacial score (nSPS) is 10.8. The fourth-order valence-electron chi connectivity index (χ4n) is 2.14. The first kappa shape index (κ1) is 15.1. The molecule has 1 amide bonds. The Morgan fingerprint density at radius 2 is 2.14 bits per heavy atom. The second-order valence-electron chi connectivity index (χ2n) is 5.14. The molecule has 2 aromatic rings. The van der Waals surface area contributed by atoms with Gasteiger partial charge in [0.2, 0.25) is 5.91 Å². The summed E-state index contributed by atoms with van der Waals surface area (Å²) in [6.07, 6.45) is 2.78. The van der Waals surface area contributed by atoms with Crippen LogP contribution in [0, 0.1) is 13.8 Å². The van der Waals surface area contributed by atoms with Gasteiger partial charge >= 0.3 is 0 Å². The number of rotatable bonds is 7. The van der Waals surface area contributed by atoms with E-state index in [0.717, 1.165) is 24.4 Å². The molecule has 2 rings (SSSR count). The zero-order valence-corrected chi connectivity index (χ0v) is 12.7. The van der Waals surface area contributed by atoms with E-state index in [1.807, 2.05) is 31.6 Å². The molecule has 0 atom stereocenters. The van der Waals surface area contributed by atoms with E-state index in [2.05, 4.69) is 20.6 Å². The molecular weight excluding hydrogens is 270 g/mol. The van der Waals surface area contributed by atoms with Crippen LogP contribution in [0.1, 0.15) is 24.2 Å². The van der Waals surface area contributed by atoms with Gasteiger partial charge in [0.05, 0.1) is 12.2 Å². The lowest BCUT2D eigenvalue weighted by Gasteiger charge is -2.17. The van der Waals surface area contributed by atoms with Crippen molar-refractivity contribution in [3.8, 4) is 0 Å². The molecule has 0 bridgehead atoms. The van der Waals surface area contributed by atoms with Crippen LogP contribution in [-0.4, -0.2) is 54.4 Å². The molecule has 8 nitrogen and oxygen atoms in total. The molecule has 0 saturated heterocycles. The Morgan fingerprint density at radius 1 is 1.33 bits per heavy atom. The smallest absolute Gasteiger partial charge is 0.222 e. The number of aromatic nitrogens is 6. The summed E-state index contributed by atoms with van der Waals surface area (Å²) in [5, 5.41) is 15.3. The van der Waals surface area contributed by atoms with Gasteiger partial charge in [-0.25, -0.2) is 4.68 Å². The summed E-state index contributed by atoms with van der Waals surface area (Å²) in [4.78, 5) is 13.8. The highest BCUT2D eigenvalue weighted by molar-refractivity contribution is 5.75. The minimum atomic E-state index is 0.129. The van der Waals surface area contributed by atoms with E-state index >= 15 is 0 Å². The summed E-state index contributed by atoms with van der Waals surface area (Å²) in [5.74, 6) is 0.129. The monoisotopic (exact) mass is 291 g/mol. The molecule has 2 aromatic heterocycles. The number of nitrogens with zero attached hydrogens (tertiary/aromatic N) is 7. The first-order valence-corrected chi connectivity index (χ1v) is 7.02. The van der Waals surface area contributed by atoms with Gasteiger partial charge in [0, 0.05) is 32.3 Å². The first-order valence-electron chi connectivity index (χ1n) is 7.02. The highest BCUT2D eigenvalue weighted by Crippen LogP contribution is 2.03. The Labute approximate surface area is 123 Å². The number of carbonyl (C=O) groups excluding carboxylic acids is 1. The molecule has 0 N–H and O–H groups in total. The summed E-state index contributed by atoms with van der Waals surface area (Å²) in [7, 11) is 1.82. The maximum Gasteiger partial charge on any atom is 0.222 e. The molecule has 114 valence electrons. The molecular formula is C13H21N7O. The number of likely N-dealkylation sites (N-methyl/N-ethyl adjacent to an activating group) is 1. The van der Waals surface area contributed by atoms with Crippen LogP contribution in [0.5, 0.6) is 0 Å². The van der Waals surface area contributed by atoms with Crippen molar-refractivity contribution in [3.63, 3.8) is 0 Å². The second kappa shape index (κ2) is 6.96. The summed E-state index contributed by atoms with van der Waals surface area (Å²) < 4.78 is 3.56. The van der Waals surface area contributed by atoms with Crippen LogP contribution < -0.4 is 0 Å². The van der Waals surface area contributed by atoms with Crippen LogP contribution in [0.3, 0.4) is 0 Å². The molecule has 0 aliphatic carbocycles. The molecule has 0 saturated carbocycles. The molecule has 0 radical (unpaired) electrons. The maximum absolute atomic E-state index is 12.0. The van der Waals surface area contributed by atoms with Gasteiger partial charge in [-0.05, 0) is 36.8 Å². The van der Waals surface area contributed by atoms with E-state index in [4.69, 9.17) is 0 Å². The third kappa shape index (κ3) is 4.37. The van der Waals surface area contributed by atoms with Crippen molar-refractivity contribution in [1.82, 2.24) is 34.9 Å². The van der Waals surface area contributed by atoms with E-state index in [-0.39, 0.29) is 5.91 Å². The van der Waals surface area contributed by atoms with Gasteiger partial charge in [-0.1, -0.05) is 0 Å². The Hall–Kier alpha value is -2.25. The third-order valence-electron chi connectivity index (χ3n) is 3.35. The Bertz CT molecular complexity index is 575. The zero-order valence-electron chi connectivity index (χ0n) is 12.7. The fraction of sp³-hybridized carbons (Fsp3) is 0.615. The van der Waals surface area contributed by atoms with Crippen molar-refractivity contribution < 1.29 is 4.79 Å². The summed E-state index contributed by atoms with van der Waals surface area (Å²) in [5.41, 5.74) is 2.12. The first-order chi connectivity index (χ1) is 10.1. The Balaban J connectivity index is 1.71. The average Bonchev–Trinajstić information content (AvgIpc) is 3.05. The number of carbonyl (C=O) groups is 1. The van der Waals surface area contributed by atoms with Crippen LogP contribution in [-0.2, 0) is 17.9 Å². The highest BCUT2D eigenvalue weighted by Gasteiger charge is 2.09. The quantitative estimate of drug-likeness (QED) is 0.738. The largest absolute Gasteiger partial charge is 0.344 e. The van der Waals surface area contributed by atoms with Gasteiger partial charge in [-0.15, -0.1) is 5.10 Å². The van der Waals surface area contributed by atoms with Crippen LogP contribution in [0.15, 0.2) is 12.4 Å². The summed E-state index contributed by atoms with van der Waals surface area (Å²) in [6, 6.07) is 2.04. The van der Waals surface area contributed by atoms with Crippen LogP contribution in [0.4, 0.5) is 0 Å². The molecule has 0 unspecified atom stereocenters. The SMILES string of the molecule is Cc1cc(C)n(CCN(C)C(=O)CCCn2cnnn2)n1. The van der Waals surface area contributed by atoms with Gasteiger partial charge < -0.3 is 4.90 Å². The van der Waals surface area contributed by atoms with Crippen molar-refractivity contribution in [1.29, 1.82) is 0 Å². The molecule has 0 aliphatic heterocycles. The van der Waals surface area contributed by atoms with Crippen LogP contribution in [0.25, 0.3) is 0 Å². The second-order valence-corrected chi connectivity index (χ2v) is 5.14. The van der Waals surface area contributed by atoms with Gasteiger partial charge in [-0.2, -0.15) is 5.10 Å². The summed E-state index contributed by atoms with van der Waals surface area (Å²) in [6.45, 7) is 6.02. The zero-order chi connectivity index (χ0) is 15.2. The lowest BCUT2D eigenvalue weighted by atomic mass is 10.3. The maximum atomic E-state index is 12.0. The standard InChI is InChI=1S/C13H21N7O/c1-11-9-12(2)20(15-11)8-7-18(3)13(21)5-4-6-19-10-14-16-17-19/h9-10H,4-8H2,1-3H3. The minimum Gasteiger partial charge on any atom is -0.344 e. The van der Waals surface area contributed by atoms with Gasteiger partial charge in [0.15, 0.2) is 0 Å². The van der Waals surface area contributed by atoms with Gasteiger partial charge in [0.1, 0.15) is 6.33 Å². The van der Waals surface area contributed by atoms with Crippen molar-refractivity contribution >= 4 is 5.91 Å².